The summed E-state index contributed by atoms with van der Waals surface area (Å²) >= 11 is 1.33. The maximum absolute atomic E-state index is 13.3. The molecule has 1 N–H and O–H groups in total. The van der Waals surface area contributed by atoms with Crippen molar-refractivity contribution in [3.05, 3.63) is 76.8 Å². The summed E-state index contributed by atoms with van der Waals surface area (Å²) in [5.41, 5.74) is 2.43. The molecule has 1 atom stereocenters. The average molecular weight is 404 g/mol. The third kappa shape index (κ3) is 2.80. The third-order valence-corrected chi connectivity index (χ3v) is 5.83. The van der Waals surface area contributed by atoms with Crippen LogP contribution in [0.4, 0.5) is 10.8 Å². The van der Waals surface area contributed by atoms with Gasteiger partial charge in [0.05, 0.1) is 11.3 Å². The van der Waals surface area contributed by atoms with Crippen LogP contribution in [0.15, 0.2) is 60.1 Å². The zero-order chi connectivity index (χ0) is 20.0. The van der Waals surface area contributed by atoms with E-state index in [1.54, 1.807) is 45.6 Å². The van der Waals surface area contributed by atoms with E-state index in [0.717, 1.165) is 5.56 Å². The van der Waals surface area contributed by atoms with Crippen LogP contribution in [0.5, 0.6) is 0 Å². The Kier molecular flexibility index (Phi) is 4.13. The van der Waals surface area contributed by atoms with Gasteiger partial charge in [-0.25, -0.2) is 4.98 Å². The molecule has 2 aliphatic rings. The maximum atomic E-state index is 13.3. The Morgan fingerprint density at radius 1 is 1.03 bits per heavy atom. The number of aromatic nitrogens is 1. The predicted molar refractivity (Wildman–Crippen MR) is 109 cm³/mol. The van der Waals surface area contributed by atoms with Crippen LogP contribution in [0.2, 0.25) is 0 Å². The number of anilines is 2. The van der Waals surface area contributed by atoms with E-state index in [-0.39, 0.29) is 30.7 Å². The van der Waals surface area contributed by atoms with Gasteiger partial charge in [0.2, 0.25) is 5.91 Å². The minimum absolute atomic E-state index is 0.105. The molecule has 0 saturated heterocycles. The number of thiazole rings is 1. The molecule has 0 fully saturated rings. The van der Waals surface area contributed by atoms with Gasteiger partial charge in [-0.15, -0.1) is 11.3 Å². The van der Waals surface area contributed by atoms with Crippen LogP contribution in [0.1, 0.15) is 38.9 Å². The van der Waals surface area contributed by atoms with E-state index in [9.17, 15) is 14.4 Å². The first kappa shape index (κ1) is 17.6. The van der Waals surface area contributed by atoms with E-state index in [1.807, 2.05) is 24.3 Å². The summed E-state index contributed by atoms with van der Waals surface area (Å²) < 4.78 is 0. The number of fused-ring (bicyclic) bond motifs is 5. The number of nitrogens with zero attached hydrogens (tertiary/aromatic N) is 3. The smallest absolute Gasteiger partial charge is 0.260 e. The monoisotopic (exact) mass is 404 g/mol. The van der Waals surface area contributed by atoms with Crippen molar-refractivity contribution >= 4 is 39.9 Å². The van der Waals surface area contributed by atoms with Crippen LogP contribution in [0.25, 0.3) is 0 Å². The fourth-order valence-electron chi connectivity index (χ4n) is 3.89. The van der Waals surface area contributed by atoms with Gasteiger partial charge in [0.15, 0.2) is 5.13 Å². The lowest BCUT2D eigenvalue weighted by molar-refractivity contribution is -0.116. The molecule has 2 aromatic carbocycles. The topological polar surface area (TPSA) is 82.6 Å². The molecular formula is C21H16N4O3S. The zero-order valence-electron chi connectivity index (χ0n) is 15.2. The van der Waals surface area contributed by atoms with Crippen molar-refractivity contribution in [1.82, 2.24) is 9.88 Å². The maximum Gasteiger partial charge on any atom is 0.260 e. The Balaban J connectivity index is 1.48. The van der Waals surface area contributed by atoms with Crippen molar-refractivity contribution in [3.63, 3.8) is 0 Å². The molecule has 3 amide bonds. The van der Waals surface area contributed by atoms with Gasteiger partial charge in [-0.05, 0) is 18.2 Å². The number of hydrogen-bond acceptors (Lipinski definition) is 5. The van der Waals surface area contributed by atoms with Crippen molar-refractivity contribution in [3.8, 4) is 0 Å². The lowest BCUT2D eigenvalue weighted by Gasteiger charge is -2.40. The van der Waals surface area contributed by atoms with Gasteiger partial charge in [0.25, 0.3) is 11.8 Å². The highest BCUT2D eigenvalue weighted by molar-refractivity contribution is 7.13. The second-order valence-corrected chi connectivity index (χ2v) is 7.68. The molecule has 0 unspecified atom stereocenters. The first-order valence-electron chi connectivity index (χ1n) is 9.17. The number of rotatable bonds is 4. The molecule has 0 aliphatic carbocycles. The SMILES string of the molecule is O=C(CCN1C(=O)c2ccccc2N2C(=O)c3ccccc3[C@@H]12)Nc1nccs1. The second-order valence-electron chi connectivity index (χ2n) is 6.79. The summed E-state index contributed by atoms with van der Waals surface area (Å²) in [5.74, 6) is -0.549. The summed E-state index contributed by atoms with van der Waals surface area (Å²) in [5, 5.41) is 5.03. The highest BCUT2D eigenvalue weighted by Gasteiger charge is 2.47. The third-order valence-electron chi connectivity index (χ3n) is 5.14. The van der Waals surface area contributed by atoms with Gasteiger partial charge < -0.3 is 10.2 Å². The largest absolute Gasteiger partial charge is 0.313 e. The number of benzene rings is 2. The van der Waals surface area contributed by atoms with Crippen LogP contribution in [0, 0.1) is 0 Å². The highest BCUT2D eigenvalue weighted by atomic mass is 32.1. The fraction of sp³-hybridized carbons (Fsp3) is 0.143. The van der Waals surface area contributed by atoms with Crippen molar-refractivity contribution in [1.29, 1.82) is 0 Å². The molecule has 1 aromatic heterocycles. The first-order chi connectivity index (χ1) is 14.1. The number of carbonyl (C=O) groups excluding carboxylic acids is 3. The predicted octanol–water partition coefficient (Wildman–Crippen LogP) is 3.29. The van der Waals surface area contributed by atoms with Gasteiger partial charge in [0.1, 0.15) is 6.17 Å². The Morgan fingerprint density at radius 2 is 1.79 bits per heavy atom. The quantitative estimate of drug-likeness (QED) is 0.723. The van der Waals surface area contributed by atoms with E-state index in [2.05, 4.69) is 10.3 Å². The molecule has 0 spiro atoms. The van der Waals surface area contributed by atoms with Crippen molar-refractivity contribution in [2.24, 2.45) is 0 Å². The molecule has 0 saturated carbocycles. The second kappa shape index (κ2) is 6.82. The minimum Gasteiger partial charge on any atom is -0.313 e. The highest BCUT2D eigenvalue weighted by Crippen LogP contribution is 2.45. The van der Waals surface area contributed by atoms with Crippen molar-refractivity contribution < 1.29 is 14.4 Å². The van der Waals surface area contributed by atoms with Gasteiger partial charge in [-0.2, -0.15) is 0 Å². The Hall–Kier alpha value is -3.52. The zero-order valence-corrected chi connectivity index (χ0v) is 16.1. The fourth-order valence-corrected chi connectivity index (χ4v) is 4.43. The Bertz CT molecular complexity index is 1130. The van der Waals surface area contributed by atoms with E-state index in [1.165, 1.54) is 11.3 Å². The van der Waals surface area contributed by atoms with Crippen molar-refractivity contribution in [2.75, 3.05) is 16.8 Å². The molecule has 5 rings (SSSR count). The Morgan fingerprint density at radius 3 is 2.59 bits per heavy atom. The summed E-state index contributed by atoms with van der Waals surface area (Å²) in [6.45, 7) is 0.188. The molecule has 3 aromatic rings. The normalized spacial score (nSPS) is 17.0. The van der Waals surface area contributed by atoms with Crippen LogP contribution >= 0.6 is 11.3 Å². The lowest BCUT2D eigenvalue weighted by atomic mass is 10.0. The van der Waals surface area contributed by atoms with Gasteiger partial charge in [-0.1, -0.05) is 30.3 Å². The number of amides is 3. The van der Waals surface area contributed by atoms with Crippen molar-refractivity contribution in [2.45, 2.75) is 12.6 Å². The standard InChI is InChI=1S/C21H16N4O3S/c26-17(23-21-22-10-12-29-21)9-11-24-18-13-5-1-2-6-14(13)20(28)25(18)16-8-4-3-7-15(16)19(24)27/h1-8,10,12,18H,9,11H2,(H,22,23,26)/t18-/m0/s1. The van der Waals surface area contributed by atoms with Gasteiger partial charge >= 0.3 is 0 Å². The lowest BCUT2D eigenvalue weighted by Crippen LogP contribution is -2.48. The Labute approximate surface area is 170 Å². The van der Waals surface area contributed by atoms with E-state index >= 15 is 0 Å². The average Bonchev–Trinajstić information content (AvgIpc) is 3.35. The molecule has 2 aliphatic heterocycles. The summed E-state index contributed by atoms with van der Waals surface area (Å²) in [6.07, 6.45) is 1.17. The summed E-state index contributed by atoms with van der Waals surface area (Å²) in [4.78, 5) is 46.0. The summed E-state index contributed by atoms with van der Waals surface area (Å²) in [7, 11) is 0. The van der Waals surface area contributed by atoms with Crippen LogP contribution in [-0.2, 0) is 4.79 Å². The molecule has 144 valence electrons. The summed E-state index contributed by atoms with van der Waals surface area (Å²) in [6, 6.07) is 14.4. The first-order valence-corrected chi connectivity index (χ1v) is 10.0. The van der Waals surface area contributed by atoms with Crippen LogP contribution < -0.4 is 10.2 Å². The number of nitrogens with one attached hydrogen (secondary N) is 1. The molecular weight excluding hydrogens is 388 g/mol. The van der Waals surface area contributed by atoms with E-state index < -0.39 is 6.17 Å². The molecule has 0 radical (unpaired) electrons. The van der Waals surface area contributed by atoms with Gasteiger partial charge in [-0.3, -0.25) is 19.3 Å². The number of carbonyl (C=O) groups is 3. The molecule has 8 heteroatoms. The minimum atomic E-state index is -0.547. The molecule has 0 bridgehead atoms. The molecule has 29 heavy (non-hydrogen) atoms. The van der Waals surface area contributed by atoms with Crippen LogP contribution in [-0.4, -0.2) is 34.2 Å². The van der Waals surface area contributed by atoms with Gasteiger partial charge in [0, 0.05) is 35.7 Å². The molecule has 7 nitrogen and oxygen atoms in total. The van der Waals surface area contributed by atoms with E-state index in [0.29, 0.717) is 21.9 Å². The molecule has 3 heterocycles. The number of hydrogen-bond donors (Lipinski definition) is 1. The number of para-hydroxylation sites is 1. The van der Waals surface area contributed by atoms with Crippen LogP contribution in [0.3, 0.4) is 0 Å². The van der Waals surface area contributed by atoms with E-state index in [4.69, 9.17) is 0 Å².